The zero-order valence-electron chi connectivity index (χ0n) is 9.87. The number of terminal acetylenes is 1. The highest BCUT2D eigenvalue weighted by atomic mass is 15.2. The zero-order valence-corrected chi connectivity index (χ0v) is 9.87. The van der Waals surface area contributed by atoms with Gasteiger partial charge in [-0.25, -0.2) is 0 Å². The average Bonchev–Trinajstić information content (AvgIpc) is 3.01. The fourth-order valence-corrected chi connectivity index (χ4v) is 2.62. The first-order valence-corrected chi connectivity index (χ1v) is 6.13. The number of hydrogen-bond acceptors (Lipinski definition) is 2. The maximum absolute atomic E-state index is 5.45. The van der Waals surface area contributed by atoms with Gasteiger partial charge in [-0.3, -0.25) is 4.90 Å². The zero-order chi connectivity index (χ0) is 10.8. The fraction of sp³-hybridized carbons (Fsp3) is 0.846. The topological polar surface area (TPSA) is 15.3 Å². The third-order valence-electron chi connectivity index (χ3n) is 3.74. The molecule has 1 saturated carbocycles. The Morgan fingerprint density at radius 3 is 2.73 bits per heavy atom. The van der Waals surface area contributed by atoms with Crippen molar-refractivity contribution >= 4 is 0 Å². The van der Waals surface area contributed by atoms with Crippen LogP contribution in [0.25, 0.3) is 0 Å². The van der Waals surface area contributed by atoms with E-state index >= 15 is 0 Å². The second-order valence-electron chi connectivity index (χ2n) is 5.30. The van der Waals surface area contributed by atoms with Gasteiger partial charge in [-0.2, -0.15) is 0 Å². The van der Waals surface area contributed by atoms with Crippen molar-refractivity contribution in [3.8, 4) is 12.3 Å². The van der Waals surface area contributed by atoms with Crippen LogP contribution in [-0.2, 0) is 0 Å². The molecule has 0 spiro atoms. The molecule has 0 aromatic heterocycles. The van der Waals surface area contributed by atoms with E-state index in [1.165, 1.54) is 12.8 Å². The quantitative estimate of drug-likeness (QED) is 0.701. The highest BCUT2D eigenvalue weighted by molar-refractivity contribution is 4.99. The summed E-state index contributed by atoms with van der Waals surface area (Å²) >= 11 is 0. The Balaban J connectivity index is 1.95. The monoisotopic (exact) mass is 206 g/mol. The Morgan fingerprint density at radius 2 is 2.20 bits per heavy atom. The molecule has 0 aromatic carbocycles. The molecule has 0 radical (unpaired) electrons. The van der Waals surface area contributed by atoms with Gasteiger partial charge in [0, 0.05) is 25.2 Å². The molecule has 0 aromatic rings. The molecule has 2 heteroatoms. The fourth-order valence-electron chi connectivity index (χ4n) is 2.62. The molecule has 1 saturated heterocycles. The summed E-state index contributed by atoms with van der Waals surface area (Å²) in [6, 6.07) is 1.32. The lowest BCUT2D eigenvalue weighted by atomic mass is 9.97. The number of piperazine rings is 1. The minimum absolute atomic E-state index is 0.621. The lowest BCUT2D eigenvalue weighted by molar-refractivity contribution is 0.107. The Morgan fingerprint density at radius 1 is 1.47 bits per heavy atom. The van der Waals surface area contributed by atoms with Gasteiger partial charge in [0.25, 0.3) is 0 Å². The van der Waals surface area contributed by atoms with Crippen molar-refractivity contribution in [3.05, 3.63) is 0 Å². The second-order valence-corrected chi connectivity index (χ2v) is 5.30. The highest BCUT2D eigenvalue weighted by Crippen LogP contribution is 2.34. The summed E-state index contributed by atoms with van der Waals surface area (Å²) in [5.41, 5.74) is 0. The first kappa shape index (κ1) is 11.0. The second kappa shape index (κ2) is 4.55. The van der Waals surface area contributed by atoms with Gasteiger partial charge < -0.3 is 5.32 Å². The van der Waals surface area contributed by atoms with Crippen LogP contribution in [-0.4, -0.2) is 36.6 Å². The average molecular weight is 206 g/mol. The van der Waals surface area contributed by atoms with Crippen LogP contribution in [0.5, 0.6) is 0 Å². The van der Waals surface area contributed by atoms with E-state index < -0.39 is 0 Å². The molecular formula is C13H22N2. The van der Waals surface area contributed by atoms with Crippen LogP contribution < -0.4 is 5.32 Å². The highest BCUT2D eigenvalue weighted by Gasteiger charge is 2.37. The molecule has 1 heterocycles. The van der Waals surface area contributed by atoms with Crippen molar-refractivity contribution in [2.75, 3.05) is 19.6 Å². The summed E-state index contributed by atoms with van der Waals surface area (Å²) < 4.78 is 0. The van der Waals surface area contributed by atoms with Gasteiger partial charge in [-0.05, 0) is 24.7 Å². The van der Waals surface area contributed by atoms with Crippen LogP contribution in [0.15, 0.2) is 0 Å². The van der Waals surface area contributed by atoms with Gasteiger partial charge in [0.05, 0.1) is 6.54 Å². The molecule has 15 heavy (non-hydrogen) atoms. The molecule has 2 rings (SSSR count). The maximum atomic E-state index is 5.45. The number of nitrogens with one attached hydrogen (secondary N) is 1. The minimum atomic E-state index is 0.621. The SMILES string of the molecule is C#CCN1CC(C2CC2)NCC1C(C)C. The largest absolute Gasteiger partial charge is 0.311 e. The van der Waals surface area contributed by atoms with Crippen molar-refractivity contribution in [2.24, 2.45) is 11.8 Å². The summed E-state index contributed by atoms with van der Waals surface area (Å²) in [7, 11) is 0. The lowest BCUT2D eigenvalue weighted by Crippen LogP contribution is -2.58. The van der Waals surface area contributed by atoms with Gasteiger partial charge in [-0.15, -0.1) is 6.42 Å². The van der Waals surface area contributed by atoms with Gasteiger partial charge in [0.1, 0.15) is 0 Å². The van der Waals surface area contributed by atoms with Crippen LogP contribution in [0, 0.1) is 24.2 Å². The van der Waals surface area contributed by atoms with Crippen molar-refractivity contribution in [2.45, 2.75) is 38.8 Å². The third-order valence-corrected chi connectivity index (χ3v) is 3.74. The summed E-state index contributed by atoms with van der Waals surface area (Å²) in [5.74, 6) is 4.42. The summed E-state index contributed by atoms with van der Waals surface area (Å²) in [4.78, 5) is 2.49. The van der Waals surface area contributed by atoms with Crippen LogP contribution >= 0.6 is 0 Å². The van der Waals surface area contributed by atoms with E-state index in [-0.39, 0.29) is 0 Å². The van der Waals surface area contributed by atoms with E-state index in [1.54, 1.807) is 0 Å². The minimum Gasteiger partial charge on any atom is -0.311 e. The van der Waals surface area contributed by atoms with Crippen LogP contribution in [0.4, 0.5) is 0 Å². The number of rotatable bonds is 3. The van der Waals surface area contributed by atoms with Gasteiger partial charge >= 0.3 is 0 Å². The van der Waals surface area contributed by atoms with Gasteiger partial charge in [-0.1, -0.05) is 19.8 Å². The van der Waals surface area contributed by atoms with Crippen LogP contribution in [0.1, 0.15) is 26.7 Å². The van der Waals surface area contributed by atoms with E-state index in [0.29, 0.717) is 18.0 Å². The van der Waals surface area contributed by atoms with Crippen LogP contribution in [0.2, 0.25) is 0 Å². The molecule has 2 unspecified atom stereocenters. The summed E-state index contributed by atoms with van der Waals surface area (Å²) in [6.07, 6.45) is 8.27. The van der Waals surface area contributed by atoms with E-state index in [9.17, 15) is 0 Å². The van der Waals surface area contributed by atoms with Gasteiger partial charge in [0.2, 0.25) is 0 Å². The summed E-state index contributed by atoms with van der Waals surface area (Å²) in [6.45, 7) is 7.65. The van der Waals surface area contributed by atoms with E-state index in [2.05, 4.69) is 30.0 Å². The first-order chi connectivity index (χ1) is 7.22. The van der Waals surface area contributed by atoms with Gasteiger partial charge in [0.15, 0.2) is 0 Å². The third kappa shape index (κ3) is 2.53. The van der Waals surface area contributed by atoms with E-state index in [0.717, 1.165) is 25.6 Å². The normalized spacial score (nSPS) is 32.9. The summed E-state index contributed by atoms with van der Waals surface area (Å²) in [5, 5.41) is 3.69. The molecule has 1 aliphatic carbocycles. The molecule has 0 amide bonds. The standard InChI is InChI=1S/C13H22N2/c1-4-7-15-9-12(11-5-6-11)14-8-13(15)10(2)3/h1,10-14H,5-9H2,2-3H3. The predicted octanol–water partition coefficient (Wildman–Crippen LogP) is 1.33. The molecule has 2 fully saturated rings. The number of nitrogens with zero attached hydrogens (tertiary/aromatic N) is 1. The van der Waals surface area contributed by atoms with Crippen molar-refractivity contribution < 1.29 is 0 Å². The maximum Gasteiger partial charge on any atom is 0.0602 e. The molecule has 2 atom stereocenters. The Labute approximate surface area is 93.4 Å². The van der Waals surface area contributed by atoms with E-state index in [4.69, 9.17) is 6.42 Å². The first-order valence-electron chi connectivity index (χ1n) is 6.13. The smallest absolute Gasteiger partial charge is 0.0602 e. The molecule has 0 bridgehead atoms. The Kier molecular flexibility index (Phi) is 3.33. The molecule has 2 aliphatic rings. The van der Waals surface area contributed by atoms with Crippen molar-refractivity contribution in [1.82, 2.24) is 10.2 Å². The van der Waals surface area contributed by atoms with Crippen molar-refractivity contribution in [3.63, 3.8) is 0 Å². The molecule has 1 aliphatic heterocycles. The lowest BCUT2D eigenvalue weighted by Gasteiger charge is -2.41. The van der Waals surface area contributed by atoms with Crippen molar-refractivity contribution in [1.29, 1.82) is 0 Å². The number of hydrogen-bond donors (Lipinski definition) is 1. The Bertz CT molecular complexity index is 250. The molecule has 84 valence electrons. The predicted molar refractivity (Wildman–Crippen MR) is 63.5 cm³/mol. The molecule has 1 N–H and O–H groups in total. The van der Waals surface area contributed by atoms with E-state index in [1.807, 2.05) is 0 Å². The molecule has 2 nitrogen and oxygen atoms in total. The Hall–Kier alpha value is -0.520. The molecular weight excluding hydrogens is 184 g/mol. The van der Waals surface area contributed by atoms with Crippen LogP contribution in [0.3, 0.4) is 0 Å².